The van der Waals surface area contributed by atoms with Crippen LogP contribution >= 0.6 is 0 Å². The van der Waals surface area contributed by atoms with Crippen LogP contribution in [0.15, 0.2) is 47.5 Å². The van der Waals surface area contributed by atoms with Gasteiger partial charge in [-0.25, -0.2) is 9.98 Å². The summed E-state index contributed by atoms with van der Waals surface area (Å²) in [6.07, 6.45) is 1.91. The van der Waals surface area contributed by atoms with E-state index in [2.05, 4.69) is 58.0 Å². The topological polar surface area (TPSA) is 68.2 Å². The molecule has 5 heteroatoms. The summed E-state index contributed by atoms with van der Waals surface area (Å²) in [6, 6.07) is 14.4. The van der Waals surface area contributed by atoms with Gasteiger partial charge >= 0.3 is 0 Å². The van der Waals surface area contributed by atoms with Gasteiger partial charge in [-0.2, -0.15) is 0 Å². The van der Waals surface area contributed by atoms with Gasteiger partial charge in [0, 0.05) is 12.7 Å². The van der Waals surface area contributed by atoms with Gasteiger partial charge in [0.05, 0.1) is 11.0 Å². The minimum atomic E-state index is 0.419. The number of aromatic nitrogens is 2. The summed E-state index contributed by atoms with van der Waals surface area (Å²) in [5.74, 6) is 1.31. The predicted octanol–water partition coefficient (Wildman–Crippen LogP) is 3.62. The largest absolute Gasteiger partial charge is 0.370 e. The highest BCUT2D eigenvalue weighted by Crippen LogP contribution is 2.22. The number of hydrogen-bond donors (Lipinski definition) is 2. The number of imidazole rings is 1. The van der Waals surface area contributed by atoms with Gasteiger partial charge in [0.2, 0.25) is 0 Å². The SMILES string of the molecule is CCc1cccc(CC)c1NC(N)=NCc1nc2ccccc2n1C. The fraction of sp³-hybridized carbons (Fsp3) is 0.300. The standard InChI is InChI=1S/C20H25N5/c1-4-14-9-8-10-15(5-2)19(14)24-20(21)22-13-18-23-16-11-6-7-12-17(16)25(18)3/h6-12H,4-5,13H2,1-3H3,(H3,21,22,24). The molecule has 130 valence electrons. The number of hydrogen-bond acceptors (Lipinski definition) is 2. The number of aliphatic imine (C=N–C) groups is 1. The molecule has 3 rings (SSSR count). The quantitative estimate of drug-likeness (QED) is 0.553. The minimum Gasteiger partial charge on any atom is -0.370 e. The van der Waals surface area contributed by atoms with Crippen LogP contribution in [-0.4, -0.2) is 15.5 Å². The number of para-hydroxylation sites is 3. The molecular weight excluding hydrogens is 310 g/mol. The Morgan fingerprint density at radius 2 is 1.76 bits per heavy atom. The number of nitrogens with two attached hydrogens (primary N) is 1. The molecule has 0 aliphatic rings. The van der Waals surface area contributed by atoms with Crippen LogP contribution in [0.5, 0.6) is 0 Å². The molecule has 0 amide bonds. The van der Waals surface area contributed by atoms with E-state index in [1.807, 2.05) is 25.2 Å². The van der Waals surface area contributed by atoms with Gasteiger partial charge in [-0.1, -0.05) is 44.2 Å². The molecule has 0 spiro atoms. The molecule has 0 saturated heterocycles. The Morgan fingerprint density at radius 3 is 2.40 bits per heavy atom. The molecule has 0 aliphatic heterocycles. The number of aryl methyl sites for hydroxylation is 3. The minimum absolute atomic E-state index is 0.419. The lowest BCUT2D eigenvalue weighted by molar-refractivity contribution is 0.812. The van der Waals surface area contributed by atoms with Gasteiger partial charge in [-0.15, -0.1) is 0 Å². The number of benzene rings is 2. The Labute approximate surface area is 148 Å². The normalized spacial score (nSPS) is 11.9. The molecule has 0 bridgehead atoms. The van der Waals surface area contributed by atoms with E-state index < -0.39 is 0 Å². The first-order valence-electron chi connectivity index (χ1n) is 8.72. The molecule has 1 heterocycles. The second-order valence-corrected chi connectivity index (χ2v) is 6.06. The van der Waals surface area contributed by atoms with E-state index in [9.17, 15) is 0 Å². The Hall–Kier alpha value is -2.82. The smallest absolute Gasteiger partial charge is 0.193 e. The maximum Gasteiger partial charge on any atom is 0.193 e. The van der Waals surface area contributed by atoms with Crippen LogP contribution in [0.2, 0.25) is 0 Å². The van der Waals surface area contributed by atoms with E-state index in [1.165, 1.54) is 11.1 Å². The van der Waals surface area contributed by atoms with Crippen LogP contribution in [0, 0.1) is 0 Å². The summed E-state index contributed by atoms with van der Waals surface area (Å²) in [4.78, 5) is 9.13. The van der Waals surface area contributed by atoms with Crippen molar-refractivity contribution >= 4 is 22.7 Å². The molecule has 0 saturated carbocycles. The summed E-state index contributed by atoms with van der Waals surface area (Å²) in [6.45, 7) is 4.74. The molecule has 3 aromatic rings. The van der Waals surface area contributed by atoms with Gasteiger partial charge in [0.1, 0.15) is 12.4 Å². The molecular formula is C20H25N5. The van der Waals surface area contributed by atoms with Crippen LogP contribution < -0.4 is 11.1 Å². The molecule has 0 fully saturated rings. The van der Waals surface area contributed by atoms with Crippen LogP contribution in [0.3, 0.4) is 0 Å². The Balaban J connectivity index is 1.82. The predicted molar refractivity (Wildman–Crippen MR) is 105 cm³/mol. The fourth-order valence-corrected chi connectivity index (χ4v) is 3.06. The van der Waals surface area contributed by atoms with Crippen molar-refractivity contribution in [3.05, 3.63) is 59.4 Å². The van der Waals surface area contributed by atoms with E-state index in [0.29, 0.717) is 12.5 Å². The van der Waals surface area contributed by atoms with Crippen molar-refractivity contribution in [2.45, 2.75) is 33.2 Å². The van der Waals surface area contributed by atoms with E-state index in [1.54, 1.807) is 0 Å². The zero-order valence-corrected chi connectivity index (χ0v) is 15.1. The second kappa shape index (κ2) is 7.38. The lowest BCUT2D eigenvalue weighted by Crippen LogP contribution is -2.24. The third-order valence-electron chi connectivity index (χ3n) is 4.52. The number of anilines is 1. The first kappa shape index (κ1) is 17.0. The van der Waals surface area contributed by atoms with E-state index in [4.69, 9.17) is 5.73 Å². The first-order valence-corrected chi connectivity index (χ1v) is 8.72. The van der Waals surface area contributed by atoms with Gasteiger partial charge in [-0.05, 0) is 36.1 Å². The summed E-state index contributed by atoms with van der Waals surface area (Å²) in [5.41, 5.74) is 11.8. The van der Waals surface area contributed by atoms with Crippen LogP contribution in [0.4, 0.5) is 5.69 Å². The van der Waals surface area contributed by atoms with Crippen molar-refractivity contribution in [3.8, 4) is 0 Å². The molecule has 0 unspecified atom stereocenters. The monoisotopic (exact) mass is 335 g/mol. The lowest BCUT2D eigenvalue weighted by Gasteiger charge is -2.14. The molecule has 5 nitrogen and oxygen atoms in total. The highest BCUT2D eigenvalue weighted by molar-refractivity contribution is 5.93. The maximum atomic E-state index is 6.15. The number of fused-ring (bicyclic) bond motifs is 1. The Bertz CT molecular complexity index is 885. The van der Waals surface area contributed by atoms with Crippen molar-refractivity contribution in [3.63, 3.8) is 0 Å². The molecule has 2 aromatic carbocycles. The van der Waals surface area contributed by atoms with E-state index in [0.717, 1.165) is 35.4 Å². The van der Waals surface area contributed by atoms with E-state index in [-0.39, 0.29) is 0 Å². The van der Waals surface area contributed by atoms with Gasteiger partial charge in [0.15, 0.2) is 5.96 Å². The summed E-state index contributed by atoms with van der Waals surface area (Å²) in [5, 5.41) is 3.30. The number of nitrogens with one attached hydrogen (secondary N) is 1. The molecule has 0 aliphatic carbocycles. The Kier molecular flexibility index (Phi) is 5.03. The second-order valence-electron chi connectivity index (χ2n) is 6.06. The average Bonchev–Trinajstić information content (AvgIpc) is 2.96. The van der Waals surface area contributed by atoms with E-state index >= 15 is 0 Å². The van der Waals surface area contributed by atoms with Crippen molar-refractivity contribution < 1.29 is 0 Å². The fourth-order valence-electron chi connectivity index (χ4n) is 3.06. The van der Waals surface area contributed by atoms with Gasteiger partial charge < -0.3 is 15.6 Å². The van der Waals surface area contributed by atoms with Crippen molar-refractivity contribution in [1.82, 2.24) is 9.55 Å². The zero-order chi connectivity index (χ0) is 17.8. The molecule has 3 N–H and O–H groups in total. The van der Waals surface area contributed by atoms with Crippen molar-refractivity contribution in [2.24, 2.45) is 17.8 Å². The molecule has 25 heavy (non-hydrogen) atoms. The molecule has 0 atom stereocenters. The van der Waals surface area contributed by atoms with Crippen LogP contribution in [0.25, 0.3) is 11.0 Å². The van der Waals surface area contributed by atoms with Gasteiger partial charge in [0.25, 0.3) is 0 Å². The first-order chi connectivity index (χ1) is 12.1. The van der Waals surface area contributed by atoms with Crippen LogP contribution in [0.1, 0.15) is 30.8 Å². The summed E-state index contributed by atoms with van der Waals surface area (Å²) >= 11 is 0. The number of nitrogens with zero attached hydrogens (tertiary/aromatic N) is 3. The summed E-state index contributed by atoms with van der Waals surface area (Å²) < 4.78 is 2.06. The molecule has 0 radical (unpaired) electrons. The Morgan fingerprint density at radius 1 is 1.08 bits per heavy atom. The molecule has 1 aromatic heterocycles. The maximum absolute atomic E-state index is 6.15. The number of guanidine groups is 1. The highest BCUT2D eigenvalue weighted by Gasteiger charge is 2.09. The number of rotatable bonds is 5. The van der Waals surface area contributed by atoms with Crippen LogP contribution in [-0.2, 0) is 26.4 Å². The third-order valence-corrected chi connectivity index (χ3v) is 4.52. The van der Waals surface area contributed by atoms with Crippen molar-refractivity contribution in [1.29, 1.82) is 0 Å². The van der Waals surface area contributed by atoms with Crippen molar-refractivity contribution in [2.75, 3.05) is 5.32 Å². The zero-order valence-electron chi connectivity index (χ0n) is 15.1. The highest BCUT2D eigenvalue weighted by atomic mass is 15.1. The average molecular weight is 335 g/mol. The summed E-state index contributed by atoms with van der Waals surface area (Å²) in [7, 11) is 2.01. The lowest BCUT2D eigenvalue weighted by atomic mass is 10.0. The van der Waals surface area contributed by atoms with Gasteiger partial charge in [-0.3, -0.25) is 0 Å². The third kappa shape index (κ3) is 3.50.